The highest BCUT2D eigenvalue weighted by Crippen LogP contribution is 2.24. The van der Waals surface area contributed by atoms with Crippen LogP contribution in [0.5, 0.6) is 0 Å². The number of rotatable bonds is 3. The van der Waals surface area contributed by atoms with Crippen molar-refractivity contribution in [2.45, 2.75) is 39.3 Å². The third-order valence-electron chi connectivity index (χ3n) is 4.13. The van der Waals surface area contributed by atoms with Crippen LogP contribution in [0.1, 0.15) is 37.8 Å². The number of hydrogen-bond acceptors (Lipinski definition) is 2. The Morgan fingerprint density at radius 3 is 2.94 bits per heavy atom. The highest BCUT2D eigenvalue weighted by Gasteiger charge is 2.24. The number of hydrogen-bond donors (Lipinski definition) is 2. The number of benzene rings is 1. The maximum absolute atomic E-state index is 7.49. The zero-order valence-corrected chi connectivity index (χ0v) is 11.3. The maximum atomic E-state index is 7.49. The Morgan fingerprint density at radius 1 is 1.44 bits per heavy atom. The van der Waals surface area contributed by atoms with Crippen molar-refractivity contribution in [3.8, 4) is 0 Å². The molecule has 1 fully saturated rings. The van der Waals surface area contributed by atoms with Crippen LogP contribution >= 0.6 is 0 Å². The largest absolute Gasteiger partial charge is 0.384 e. The molecule has 98 valence electrons. The van der Waals surface area contributed by atoms with Crippen molar-refractivity contribution in [1.82, 2.24) is 4.90 Å². The summed E-state index contributed by atoms with van der Waals surface area (Å²) in [6.07, 6.45) is 2.63. The Labute approximate surface area is 109 Å². The average molecular weight is 245 g/mol. The van der Waals surface area contributed by atoms with Gasteiger partial charge in [-0.05, 0) is 43.9 Å². The molecule has 0 aromatic heterocycles. The van der Waals surface area contributed by atoms with E-state index in [1.165, 1.54) is 24.9 Å². The summed E-state index contributed by atoms with van der Waals surface area (Å²) in [5.41, 5.74) is 7.61. The van der Waals surface area contributed by atoms with Crippen LogP contribution in [0.25, 0.3) is 0 Å². The molecule has 1 aromatic rings. The number of likely N-dealkylation sites (tertiary alicyclic amines) is 1. The molecule has 2 unspecified atom stereocenters. The van der Waals surface area contributed by atoms with Crippen molar-refractivity contribution >= 4 is 5.84 Å². The zero-order chi connectivity index (χ0) is 13.1. The zero-order valence-electron chi connectivity index (χ0n) is 11.3. The first kappa shape index (κ1) is 13.1. The van der Waals surface area contributed by atoms with Gasteiger partial charge in [0.25, 0.3) is 0 Å². The number of nitrogen functional groups attached to an aromatic ring is 1. The molecule has 0 radical (unpaired) electrons. The maximum Gasteiger partial charge on any atom is 0.122 e. The summed E-state index contributed by atoms with van der Waals surface area (Å²) in [7, 11) is 0. The number of nitrogens with zero attached hydrogens (tertiary/aromatic N) is 1. The Bertz CT molecular complexity index is 428. The Hall–Kier alpha value is -1.35. The van der Waals surface area contributed by atoms with Crippen LogP contribution in [0.4, 0.5) is 0 Å². The highest BCUT2D eigenvalue weighted by molar-refractivity contribution is 5.95. The minimum Gasteiger partial charge on any atom is -0.384 e. The summed E-state index contributed by atoms with van der Waals surface area (Å²) < 4.78 is 0. The lowest BCUT2D eigenvalue weighted by atomic mass is 9.91. The molecule has 3 nitrogen and oxygen atoms in total. The molecule has 0 saturated carbocycles. The van der Waals surface area contributed by atoms with E-state index in [9.17, 15) is 0 Å². The van der Waals surface area contributed by atoms with E-state index < -0.39 is 0 Å². The van der Waals surface area contributed by atoms with Gasteiger partial charge in [-0.1, -0.05) is 25.1 Å². The van der Waals surface area contributed by atoms with E-state index in [4.69, 9.17) is 11.1 Å². The topological polar surface area (TPSA) is 53.1 Å². The van der Waals surface area contributed by atoms with Crippen LogP contribution in [-0.2, 0) is 6.54 Å². The van der Waals surface area contributed by atoms with Gasteiger partial charge in [0.2, 0.25) is 0 Å². The Morgan fingerprint density at radius 2 is 2.22 bits per heavy atom. The van der Waals surface area contributed by atoms with Gasteiger partial charge in [-0.25, -0.2) is 0 Å². The molecule has 2 rings (SSSR count). The van der Waals surface area contributed by atoms with Crippen LogP contribution in [0.2, 0.25) is 0 Å². The molecule has 1 aliphatic heterocycles. The summed E-state index contributed by atoms with van der Waals surface area (Å²) in [6, 6.07) is 8.69. The van der Waals surface area contributed by atoms with E-state index in [-0.39, 0.29) is 5.84 Å². The summed E-state index contributed by atoms with van der Waals surface area (Å²) in [6.45, 7) is 6.80. The monoisotopic (exact) mass is 245 g/mol. The summed E-state index contributed by atoms with van der Waals surface area (Å²) >= 11 is 0. The lowest BCUT2D eigenvalue weighted by Gasteiger charge is -2.38. The number of nitrogens with two attached hydrogens (primary N) is 1. The van der Waals surface area contributed by atoms with E-state index in [1.807, 2.05) is 18.2 Å². The van der Waals surface area contributed by atoms with Gasteiger partial charge in [-0.3, -0.25) is 10.3 Å². The highest BCUT2D eigenvalue weighted by atomic mass is 15.2. The minimum atomic E-state index is 0.150. The van der Waals surface area contributed by atoms with Crippen molar-refractivity contribution < 1.29 is 0 Å². The molecule has 1 heterocycles. The molecule has 1 aliphatic rings. The molecule has 18 heavy (non-hydrogen) atoms. The fraction of sp³-hybridized carbons (Fsp3) is 0.533. The first-order valence-electron chi connectivity index (χ1n) is 6.75. The molecular weight excluding hydrogens is 222 g/mol. The third-order valence-corrected chi connectivity index (χ3v) is 4.13. The second-order valence-electron chi connectivity index (χ2n) is 5.44. The molecule has 3 N–H and O–H groups in total. The quantitative estimate of drug-likeness (QED) is 0.635. The van der Waals surface area contributed by atoms with Crippen LogP contribution in [0.15, 0.2) is 24.3 Å². The minimum absolute atomic E-state index is 0.150. The number of piperidine rings is 1. The molecule has 2 atom stereocenters. The molecule has 1 saturated heterocycles. The van der Waals surface area contributed by atoms with Gasteiger partial charge in [-0.15, -0.1) is 0 Å². The second kappa shape index (κ2) is 5.53. The van der Waals surface area contributed by atoms with E-state index in [1.54, 1.807) is 0 Å². The molecule has 1 aromatic carbocycles. The van der Waals surface area contributed by atoms with Crippen molar-refractivity contribution in [2.24, 2.45) is 11.7 Å². The molecule has 3 heteroatoms. The van der Waals surface area contributed by atoms with Crippen LogP contribution in [0, 0.1) is 11.3 Å². The summed E-state index contributed by atoms with van der Waals surface area (Å²) in [5, 5.41) is 7.49. The lowest BCUT2D eigenvalue weighted by molar-refractivity contribution is 0.106. The summed E-state index contributed by atoms with van der Waals surface area (Å²) in [5.74, 6) is 0.923. The van der Waals surface area contributed by atoms with Gasteiger partial charge in [0.05, 0.1) is 0 Å². The first-order chi connectivity index (χ1) is 8.58. The van der Waals surface area contributed by atoms with Crippen molar-refractivity contribution in [3.05, 3.63) is 35.4 Å². The van der Waals surface area contributed by atoms with Gasteiger partial charge in [0, 0.05) is 18.2 Å². The molecule has 0 aliphatic carbocycles. The van der Waals surface area contributed by atoms with Crippen LogP contribution < -0.4 is 5.73 Å². The Balaban J connectivity index is 2.08. The van der Waals surface area contributed by atoms with Crippen molar-refractivity contribution in [2.75, 3.05) is 6.54 Å². The standard InChI is InChI=1S/C15H23N3/c1-11-5-4-8-18(12(11)2)10-13-6-3-7-14(9-13)15(16)17/h3,6-7,9,11-12H,4-5,8,10H2,1-2H3,(H3,16,17). The normalized spacial score (nSPS) is 25.0. The average Bonchev–Trinajstić information content (AvgIpc) is 2.35. The van der Waals surface area contributed by atoms with Gasteiger partial charge in [0.1, 0.15) is 5.84 Å². The lowest BCUT2D eigenvalue weighted by Crippen LogP contribution is -2.41. The summed E-state index contributed by atoms with van der Waals surface area (Å²) in [4.78, 5) is 2.54. The molecule has 0 bridgehead atoms. The number of amidine groups is 1. The van der Waals surface area contributed by atoms with E-state index in [0.29, 0.717) is 6.04 Å². The van der Waals surface area contributed by atoms with Gasteiger partial charge in [0.15, 0.2) is 0 Å². The fourth-order valence-electron chi connectivity index (χ4n) is 2.72. The van der Waals surface area contributed by atoms with E-state index >= 15 is 0 Å². The van der Waals surface area contributed by atoms with Crippen LogP contribution in [-0.4, -0.2) is 23.3 Å². The predicted molar refractivity (Wildman–Crippen MR) is 75.7 cm³/mol. The Kier molecular flexibility index (Phi) is 4.02. The fourth-order valence-corrected chi connectivity index (χ4v) is 2.72. The number of nitrogens with one attached hydrogen (secondary N) is 1. The SMILES string of the molecule is CC1CCCN(Cc2cccc(C(=N)N)c2)C1C. The van der Waals surface area contributed by atoms with Crippen LogP contribution in [0.3, 0.4) is 0 Å². The third kappa shape index (κ3) is 2.91. The van der Waals surface area contributed by atoms with Crippen molar-refractivity contribution in [3.63, 3.8) is 0 Å². The molecular formula is C15H23N3. The van der Waals surface area contributed by atoms with E-state index in [0.717, 1.165) is 18.0 Å². The second-order valence-corrected chi connectivity index (χ2v) is 5.44. The van der Waals surface area contributed by atoms with E-state index in [2.05, 4.69) is 24.8 Å². The van der Waals surface area contributed by atoms with Gasteiger partial charge in [-0.2, -0.15) is 0 Å². The van der Waals surface area contributed by atoms with Gasteiger partial charge >= 0.3 is 0 Å². The molecule has 0 amide bonds. The first-order valence-corrected chi connectivity index (χ1v) is 6.75. The smallest absolute Gasteiger partial charge is 0.122 e. The molecule has 0 spiro atoms. The van der Waals surface area contributed by atoms with Crippen molar-refractivity contribution in [1.29, 1.82) is 5.41 Å². The predicted octanol–water partition coefficient (Wildman–Crippen LogP) is 2.59. The van der Waals surface area contributed by atoms with Gasteiger partial charge < -0.3 is 5.73 Å².